The molecule has 1 aliphatic heterocycles. The summed E-state index contributed by atoms with van der Waals surface area (Å²) >= 11 is 5.94. The fraction of sp³-hybridized carbons (Fsp3) is 0.353. The molecule has 3 nitrogen and oxygen atoms in total. The maximum absolute atomic E-state index is 5.94. The first-order chi connectivity index (χ1) is 10.3. The van der Waals surface area contributed by atoms with Gasteiger partial charge in [-0.25, -0.2) is 0 Å². The lowest BCUT2D eigenvalue weighted by molar-refractivity contribution is -0.0296. The highest BCUT2D eigenvalue weighted by molar-refractivity contribution is 6.30. The predicted molar refractivity (Wildman–Crippen MR) is 84.5 cm³/mol. The lowest BCUT2D eigenvalue weighted by Crippen LogP contribution is -2.39. The van der Waals surface area contributed by atoms with Gasteiger partial charge in [0.25, 0.3) is 0 Å². The van der Waals surface area contributed by atoms with Crippen molar-refractivity contribution in [2.45, 2.75) is 12.5 Å². The molecule has 1 aromatic carbocycles. The highest BCUT2D eigenvalue weighted by atomic mass is 35.5. The van der Waals surface area contributed by atoms with Crippen molar-refractivity contribution in [1.82, 2.24) is 9.88 Å². The molecular formula is C17H19ClN2O. The van der Waals surface area contributed by atoms with Crippen LogP contribution in [0.3, 0.4) is 0 Å². The number of benzene rings is 1. The molecule has 0 unspecified atom stereocenters. The normalized spacial score (nSPS) is 19.6. The Morgan fingerprint density at radius 3 is 2.81 bits per heavy atom. The smallest absolute Gasteiger partial charge is 0.0952 e. The Labute approximate surface area is 130 Å². The molecule has 0 N–H and O–H groups in total. The second kappa shape index (κ2) is 7.03. The van der Waals surface area contributed by atoms with Crippen molar-refractivity contribution in [3.63, 3.8) is 0 Å². The monoisotopic (exact) mass is 302 g/mol. The van der Waals surface area contributed by atoms with Crippen molar-refractivity contribution in [1.29, 1.82) is 0 Å². The molecule has 21 heavy (non-hydrogen) atoms. The van der Waals surface area contributed by atoms with E-state index in [4.69, 9.17) is 16.3 Å². The van der Waals surface area contributed by atoms with Crippen molar-refractivity contribution < 1.29 is 4.74 Å². The van der Waals surface area contributed by atoms with E-state index in [9.17, 15) is 0 Å². The Kier molecular flexibility index (Phi) is 4.86. The summed E-state index contributed by atoms with van der Waals surface area (Å²) in [6.45, 7) is 3.70. The van der Waals surface area contributed by atoms with E-state index in [-0.39, 0.29) is 6.10 Å². The lowest BCUT2D eigenvalue weighted by Gasteiger charge is -2.33. The van der Waals surface area contributed by atoms with Gasteiger partial charge in [-0.3, -0.25) is 9.88 Å². The summed E-state index contributed by atoms with van der Waals surface area (Å²) < 4.78 is 5.89. The molecule has 1 saturated heterocycles. The molecule has 1 fully saturated rings. The molecular weight excluding hydrogens is 284 g/mol. The summed E-state index contributed by atoms with van der Waals surface area (Å²) in [4.78, 5) is 6.82. The average molecular weight is 303 g/mol. The SMILES string of the molecule is Clc1ccc([C@H]2CN(CCc3ccccn3)CCO2)cc1. The van der Waals surface area contributed by atoms with Crippen molar-refractivity contribution in [3.8, 4) is 0 Å². The number of aromatic nitrogens is 1. The molecule has 2 heterocycles. The largest absolute Gasteiger partial charge is 0.371 e. The van der Waals surface area contributed by atoms with Crippen molar-refractivity contribution >= 4 is 11.6 Å². The van der Waals surface area contributed by atoms with Gasteiger partial charge in [-0.15, -0.1) is 0 Å². The van der Waals surface area contributed by atoms with Gasteiger partial charge in [0.05, 0.1) is 12.7 Å². The van der Waals surface area contributed by atoms with Crippen LogP contribution in [0.1, 0.15) is 17.4 Å². The third kappa shape index (κ3) is 4.03. The first-order valence-corrected chi connectivity index (χ1v) is 7.68. The molecule has 4 heteroatoms. The third-order valence-corrected chi connectivity index (χ3v) is 4.05. The number of hydrogen-bond donors (Lipinski definition) is 0. The maximum Gasteiger partial charge on any atom is 0.0952 e. The summed E-state index contributed by atoms with van der Waals surface area (Å²) in [6.07, 6.45) is 2.97. The van der Waals surface area contributed by atoms with Crippen LogP contribution in [-0.2, 0) is 11.2 Å². The molecule has 0 aliphatic carbocycles. The van der Waals surface area contributed by atoms with E-state index in [0.29, 0.717) is 0 Å². The zero-order valence-electron chi connectivity index (χ0n) is 11.9. The molecule has 0 bridgehead atoms. The van der Waals surface area contributed by atoms with Crippen LogP contribution in [0.15, 0.2) is 48.7 Å². The van der Waals surface area contributed by atoms with E-state index < -0.39 is 0 Å². The van der Waals surface area contributed by atoms with Gasteiger partial charge in [0, 0.05) is 43.0 Å². The fourth-order valence-corrected chi connectivity index (χ4v) is 2.73. The molecule has 0 saturated carbocycles. The fourth-order valence-electron chi connectivity index (χ4n) is 2.60. The molecule has 0 amide bonds. The van der Waals surface area contributed by atoms with Gasteiger partial charge >= 0.3 is 0 Å². The molecule has 1 atom stereocenters. The molecule has 0 radical (unpaired) electrons. The van der Waals surface area contributed by atoms with Crippen LogP contribution < -0.4 is 0 Å². The summed E-state index contributed by atoms with van der Waals surface area (Å²) in [5.74, 6) is 0. The summed E-state index contributed by atoms with van der Waals surface area (Å²) in [5, 5.41) is 0.765. The summed E-state index contributed by atoms with van der Waals surface area (Å²) in [7, 11) is 0. The van der Waals surface area contributed by atoms with Gasteiger partial charge in [0.2, 0.25) is 0 Å². The van der Waals surface area contributed by atoms with Crippen LogP contribution >= 0.6 is 11.6 Å². The lowest BCUT2D eigenvalue weighted by atomic mass is 10.1. The van der Waals surface area contributed by atoms with Crippen LogP contribution in [0.2, 0.25) is 5.02 Å². The third-order valence-electron chi connectivity index (χ3n) is 3.80. The van der Waals surface area contributed by atoms with Crippen LogP contribution in [0.4, 0.5) is 0 Å². The average Bonchev–Trinajstić information content (AvgIpc) is 2.55. The Bertz CT molecular complexity index is 559. The molecule has 110 valence electrons. The highest BCUT2D eigenvalue weighted by Gasteiger charge is 2.21. The van der Waals surface area contributed by atoms with Gasteiger partial charge in [-0.1, -0.05) is 29.8 Å². The van der Waals surface area contributed by atoms with Crippen LogP contribution in [0.5, 0.6) is 0 Å². The van der Waals surface area contributed by atoms with Gasteiger partial charge in [0.1, 0.15) is 0 Å². The molecule has 0 spiro atoms. The van der Waals surface area contributed by atoms with Crippen molar-refractivity contribution in [2.24, 2.45) is 0 Å². The van der Waals surface area contributed by atoms with Crippen molar-refractivity contribution in [3.05, 3.63) is 64.9 Å². The maximum atomic E-state index is 5.94. The Morgan fingerprint density at radius 2 is 2.05 bits per heavy atom. The topological polar surface area (TPSA) is 25.4 Å². The van der Waals surface area contributed by atoms with Crippen LogP contribution in [0, 0.1) is 0 Å². The van der Waals surface area contributed by atoms with Gasteiger partial charge in [-0.05, 0) is 29.8 Å². The zero-order chi connectivity index (χ0) is 14.5. The van der Waals surface area contributed by atoms with E-state index in [1.54, 1.807) is 0 Å². The summed E-state index contributed by atoms with van der Waals surface area (Å²) in [6, 6.07) is 14.0. The Hall–Kier alpha value is -1.42. The molecule has 2 aromatic rings. The van der Waals surface area contributed by atoms with Gasteiger partial charge in [-0.2, -0.15) is 0 Å². The Balaban J connectivity index is 1.57. The number of ether oxygens (including phenoxy) is 1. The van der Waals surface area contributed by atoms with Gasteiger partial charge in [0.15, 0.2) is 0 Å². The van der Waals surface area contributed by atoms with E-state index in [0.717, 1.165) is 43.4 Å². The number of halogens is 1. The number of pyridine rings is 1. The van der Waals surface area contributed by atoms with E-state index in [1.807, 2.05) is 30.5 Å². The standard InChI is InChI=1S/C17H19ClN2O/c18-15-6-4-14(5-7-15)17-13-20(11-12-21-17)10-8-16-3-1-2-9-19-16/h1-7,9,17H,8,10-13H2/t17-/m1/s1. The number of rotatable bonds is 4. The quantitative estimate of drug-likeness (QED) is 0.866. The summed E-state index contributed by atoms with van der Waals surface area (Å²) in [5.41, 5.74) is 2.34. The predicted octanol–water partition coefficient (Wildman–Crippen LogP) is 3.35. The zero-order valence-corrected chi connectivity index (χ0v) is 12.7. The van der Waals surface area contributed by atoms with Crippen molar-refractivity contribution in [2.75, 3.05) is 26.2 Å². The molecule has 1 aliphatic rings. The van der Waals surface area contributed by atoms with E-state index >= 15 is 0 Å². The minimum Gasteiger partial charge on any atom is -0.371 e. The van der Waals surface area contributed by atoms with Gasteiger partial charge < -0.3 is 4.74 Å². The number of nitrogens with zero attached hydrogens (tertiary/aromatic N) is 2. The van der Waals surface area contributed by atoms with Crippen LogP contribution in [-0.4, -0.2) is 36.1 Å². The first kappa shape index (κ1) is 14.5. The van der Waals surface area contributed by atoms with Crippen LogP contribution in [0.25, 0.3) is 0 Å². The van der Waals surface area contributed by atoms with E-state index in [2.05, 4.69) is 28.1 Å². The number of morpholine rings is 1. The Morgan fingerprint density at radius 1 is 1.19 bits per heavy atom. The minimum atomic E-state index is 0.139. The first-order valence-electron chi connectivity index (χ1n) is 7.30. The molecule has 3 rings (SSSR count). The minimum absolute atomic E-state index is 0.139. The second-order valence-corrected chi connectivity index (χ2v) is 5.72. The number of hydrogen-bond acceptors (Lipinski definition) is 3. The second-order valence-electron chi connectivity index (χ2n) is 5.28. The highest BCUT2D eigenvalue weighted by Crippen LogP contribution is 2.23. The molecule has 1 aromatic heterocycles. The van der Waals surface area contributed by atoms with E-state index in [1.165, 1.54) is 5.56 Å².